The van der Waals surface area contributed by atoms with E-state index < -0.39 is 11.9 Å². The Bertz CT molecular complexity index is 424. The third kappa shape index (κ3) is 5.55. The summed E-state index contributed by atoms with van der Waals surface area (Å²) in [7, 11) is 0. The highest BCUT2D eigenvalue weighted by molar-refractivity contribution is 6.32. The molecule has 4 heteroatoms. The van der Waals surface area contributed by atoms with Gasteiger partial charge in [0.1, 0.15) is 0 Å². The molecule has 0 fully saturated rings. The Kier molecular flexibility index (Phi) is 6.06. The van der Waals surface area contributed by atoms with E-state index in [2.05, 4.69) is 23.9 Å². The van der Waals surface area contributed by atoms with Crippen LogP contribution in [0.2, 0.25) is 0 Å². The van der Waals surface area contributed by atoms with Gasteiger partial charge in [0, 0.05) is 6.54 Å². The fourth-order valence-electron chi connectivity index (χ4n) is 1.72. The van der Waals surface area contributed by atoms with Crippen molar-refractivity contribution >= 4 is 11.9 Å². The average Bonchev–Trinajstić information content (AvgIpc) is 2.37. The van der Waals surface area contributed by atoms with Gasteiger partial charge >= 0.3 is 11.9 Å². The molecular formula is C15H21NO3. The first kappa shape index (κ1) is 15.2. The van der Waals surface area contributed by atoms with Crippen molar-refractivity contribution in [1.29, 1.82) is 0 Å². The third-order valence-corrected chi connectivity index (χ3v) is 2.58. The number of carbonyl (C=O) groups is 2. The highest BCUT2D eigenvalue weighted by Gasteiger charge is 2.13. The lowest BCUT2D eigenvalue weighted by molar-refractivity contribution is -0.154. The Morgan fingerprint density at radius 3 is 2.26 bits per heavy atom. The molecule has 1 aromatic carbocycles. The van der Waals surface area contributed by atoms with Crippen molar-refractivity contribution in [2.24, 2.45) is 5.92 Å². The molecule has 0 saturated heterocycles. The smallest absolute Gasteiger partial charge is 0.396 e. The molecular weight excluding hydrogens is 242 g/mol. The summed E-state index contributed by atoms with van der Waals surface area (Å²) in [6.45, 7) is 6.55. The Labute approximate surface area is 114 Å². The minimum atomic E-state index is -0.834. The van der Waals surface area contributed by atoms with E-state index in [1.165, 1.54) is 5.56 Å². The van der Waals surface area contributed by atoms with Crippen molar-refractivity contribution in [3.05, 3.63) is 35.4 Å². The second kappa shape index (κ2) is 7.56. The summed E-state index contributed by atoms with van der Waals surface area (Å²) < 4.78 is 4.60. The van der Waals surface area contributed by atoms with Crippen molar-refractivity contribution in [3.8, 4) is 0 Å². The van der Waals surface area contributed by atoms with Crippen molar-refractivity contribution in [1.82, 2.24) is 5.32 Å². The lowest BCUT2D eigenvalue weighted by atomic mass is 10.0. The number of nitrogens with one attached hydrogen (secondary N) is 1. The van der Waals surface area contributed by atoms with Gasteiger partial charge in [-0.3, -0.25) is 4.79 Å². The van der Waals surface area contributed by atoms with Crippen LogP contribution in [0.15, 0.2) is 24.3 Å². The summed E-state index contributed by atoms with van der Waals surface area (Å²) in [4.78, 5) is 22.4. The van der Waals surface area contributed by atoms with Crippen LogP contribution in [0, 0.1) is 5.92 Å². The van der Waals surface area contributed by atoms with E-state index in [9.17, 15) is 9.59 Å². The summed E-state index contributed by atoms with van der Waals surface area (Å²) in [5.74, 6) is -0.915. The monoisotopic (exact) mass is 263 g/mol. The lowest BCUT2D eigenvalue weighted by Crippen LogP contribution is -2.32. The van der Waals surface area contributed by atoms with Crippen LogP contribution in [0.3, 0.4) is 0 Å². The van der Waals surface area contributed by atoms with Gasteiger partial charge in [-0.05, 0) is 30.4 Å². The van der Waals surface area contributed by atoms with Gasteiger partial charge in [0.15, 0.2) is 0 Å². The molecule has 0 unspecified atom stereocenters. The second-order valence-electron chi connectivity index (χ2n) is 4.82. The van der Waals surface area contributed by atoms with Crippen LogP contribution in [0.4, 0.5) is 0 Å². The van der Waals surface area contributed by atoms with Crippen LogP contribution in [0.1, 0.15) is 31.9 Å². The van der Waals surface area contributed by atoms with Crippen LogP contribution >= 0.6 is 0 Å². The topological polar surface area (TPSA) is 55.4 Å². The maximum absolute atomic E-state index is 11.3. The van der Waals surface area contributed by atoms with Gasteiger partial charge in [0.2, 0.25) is 0 Å². The van der Waals surface area contributed by atoms with Crippen LogP contribution < -0.4 is 5.32 Å². The zero-order chi connectivity index (χ0) is 14.3. The number of benzene rings is 1. The highest BCUT2D eigenvalue weighted by Crippen LogP contribution is 2.09. The van der Waals surface area contributed by atoms with E-state index in [1.807, 2.05) is 24.3 Å². The highest BCUT2D eigenvalue weighted by atomic mass is 16.5. The molecule has 19 heavy (non-hydrogen) atoms. The molecule has 0 heterocycles. The molecule has 0 aliphatic rings. The number of rotatable bonds is 5. The number of ether oxygens (including phenoxy) is 1. The molecule has 1 rings (SSSR count). The van der Waals surface area contributed by atoms with E-state index in [1.54, 1.807) is 6.92 Å². The second-order valence-corrected chi connectivity index (χ2v) is 4.82. The number of hydrogen-bond donors (Lipinski definition) is 1. The normalized spacial score (nSPS) is 10.3. The first-order valence-corrected chi connectivity index (χ1v) is 6.55. The largest absolute Gasteiger partial charge is 0.459 e. The van der Waals surface area contributed by atoms with Gasteiger partial charge in [-0.1, -0.05) is 38.1 Å². The van der Waals surface area contributed by atoms with Gasteiger partial charge in [0.25, 0.3) is 0 Å². The lowest BCUT2D eigenvalue weighted by Gasteiger charge is -2.07. The molecule has 0 aliphatic heterocycles. The quantitative estimate of drug-likeness (QED) is 0.653. The minimum absolute atomic E-state index is 0.205. The summed E-state index contributed by atoms with van der Waals surface area (Å²) in [5, 5.41) is 2.53. The fraction of sp³-hybridized carbons (Fsp3) is 0.467. The Hall–Kier alpha value is -1.84. The van der Waals surface area contributed by atoms with Crippen LogP contribution in [-0.4, -0.2) is 18.5 Å². The Balaban J connectivity index is 2.45. The van der Waals surface area contributed by atoms with E-state index in [0.29, 0.717) is 12.5 Å². The third-order valence-electron chi connectivity index (χ3n) is 2.58. The SMILES string of the molecule is CCOC(=O)C(=O)NCc1ccc(CC(C)C)cc1. The average molecular weight is 263 g/mol. The summed E-state index contributed by atoms with van der Waals surface area (Å²) in [5.41, 5.74) is 2.24. The van der Waals surface area contributed by atoms with Gasteiger partial charge < -0.3 is 10.1 Å². The first-order valence-electron chi connectivity index (χ1n) is 6.55. The van der Waals surface area contributed by atoms with Crippen LogP contribution in [0.5, 0.6) is 0 Å². The zero-order valence-electron chi connectivity index (χ0n) is 11.7. The summed E-state index contributed by atoms with van der Waals surface area (Å²) in [6.07, 6.45) is 1.04. The molecule has 0 aromatic heterocycles. The van der Waals surface area contributed by atoms with Crippen molar-refractivity contribution in [2.75, 3.05) is 6.61 Å². The zero-order valence-corrected chi connectivity index (χ0v) is 11.7. The number of amides is 1. The molecule has 0 aliphatic carbocycles. The van der Waals surface area contributed by atoms with Gasteiger partial charge in [-0.25, -0.2) is 4.79 Å². The van der Waals surface area contributed by atoms with Crippen molar-refractivity contribution in [3.63, 3.8) is 0 Å². The van der Waals surface area contributed by atoms with Crippen LogP contribution in [-0.2, 0) is 27.3 Å². The van der Waals surface area contributed by atoms with E-state index in [0.717, 1.165) is 12.0 Å². The summed E-state index contributed by atoms with van der Waals surface area (Å²) >= 11 is 0. The first-order chi connectivity index (χ1) is 9.02. The molecule has 0 atom stereocenters. The van der Waals surface area contributed by atoms with Crippen LogP contribution in [0.25, 0.3) is 0 Å². The number of carbonyl (C=O) groups excluding carboxylic acids is 2. The molecule has 104 valence electrons. The molecule has 1 N–H and O–H groups in total. The molecule has 0 saturated carbocycles. The Morgan fingerprint density at radius 1 is 1.16 bits per heavy atom. The van der Waals surface area contributed by atoms with Crippen molar-refractivity contribution in [2.45, 2.75) is 33.7 Å². The fourth-order valence-corrected chi connectivity index (χ4v) is 1.72. The van der Waals surface area contributed by atoms with E-state index >= 15 is 0 Å². The maximum Gasteiger partial charge on any atom is 0.396 e. The van der Waals surface area contributed by atoms with E-state index in [-0.39, 0.29) is 6.61 Å². The van der Waals surface area contributed by atoms with Gasteiger partial charge in [0.05, 0.1) is 6.61 Å². The Morgan fingerprint density at radius 2 is 1.74 bits per heavy atom. The van der Waals surface area contributed by atoms with Gasteiger partial charge in [-0.15, -0.1) is 0 Å². The molecule has 0 radical (unpaired) electrons. The molecule has 1 amide bonds. The molecule has 1 aromatic rings. The maximum atomic E-state index is 11.3. The molecule has 0 bridgehead atoms. The molecule has 0 spiro atoms. The number of hydrogen-bond acceptors (Lipinski definition) is 3. The predicted octanol–water partition coefficient (Wildman–Crippen LogP) is 2.06. The van der Waals surface area contributed by atoms with Gasteiger partial charge in [-0.2, -0.15) is 0 Å². The molecule has 4 nitrogen and oxygen atoms in total. The van der Waals surface area contributed by atoms with Crippen molar-refractivity contribution < 1.29 is 14.3 Å². The predicted molar refractivity (Wildman–Crippen MR) is 73.5 cm³/mol. The number of esters is 1. The van der Waals surface area contributed by atoms with E-state index in [4.69, 9.17) is 0 Å². The summed E-state index contributed by atoms with van der Waals surface area (Å²) in [6, 6.07) is 8.02. The minimum Gasteiger partial charge on any atom is -0.459 e. The standard InChI is InChI=1S/C15H21NO3/c1-4-19-15(18)14(17)16-10-13-7-5-12(6-8-13)9-11(2)3/h5-8,11H,4,9-10H2,1-3H3,(H,16,17).